The highest BCUT2D eigenvalue weighted by molar-refractivity contribution is 5.98. The van der Waals surface area contributed by atoms with Gasteiger partial charge in [-0.1, -0.05) is 147 Å². The van der Waals surface area contributed by atoms with Gasteiger partial charge < -0.3 is 45.6 Å². The fourth-order valence-corrected chi connectivity index (χ4v) is 11.4. The van der Waals surface area contributed by atoms with E-state index in [-0.39, 0.29) is 42.2 Å². The van der Waals surface area contributed by atoms with Crippen molar-refractivity contribution in [2.75, 3.05) is 25.0 Å². The monoisotopic (exact) mass is 1130 g/mol. The second-order valence-corrected chi connectivity index (χ2v) is 21.6. The average molecular weight is 1130 g/mol. The molecule has 3 atom stereocenters. The smallest absolute Gasteiger partial charge is 0.407 e. The van der Waals surface area contributed by atoms with E-state index in [2.05, 4.69) is 101 Å². The number of ether oxygens (including phenoxy) is 3. The highest BCUT2D eigenvalue weighted by Crippen LogP contribution is 2.41. The molecule has 2 aromatic heterocycles. The summed E-state index contributed by atoms with van der Waals surface area (Å²) in [5.41, 5.74) is 14.6. The second kappa shape index (κ2) is 26.1. The third kappa shape index (κ3) is 12.5. The number of nitrogens with zero attached hydrogens (tertiary/aromatic N) is 2. The molecule has 0 saturated carbocycles. The SMILES string of the molecule is CCc1c2c(nc3ccc(OCCCNC(=O)OCc4ccc(NC(=O)[C@H](CCCCNC(c5ccccc5)(c5ccccc5)c5ccc(C)cc5)NC(=O)[C@@H](N)Cc5ccccc5)cc4)cc13)-c1cc3c(c(=O)n1C2)COC(=O)[C@]3(O)CC. The van der Waals surface area contributed by atoms with Gasteiger partial charge in [0.2, 0.25) is 11.8 Å². The fourth-order valence-electron chi connectivity index (χ4n) is 11.4. The zero-order valence-electron chi connectivity index (χ0n) is 47.6. The number of hydrogen-bond donors (Lipinski definition) is 6. The van der Waals surface area contributed by atoms with Gasteiger partial charge in [-0.05, 0) is 128 Å². The molecule has 2 aliphatic heterocycles. The van der Waals surface area contributed by atoms with Crippen LogP contribution in [0.4, 0.5) is 10.5 Å². The molecule has 4 heterocycles. The van der Waals surface area contributed by atoms with Gasteiger partial charge in [-0.2, -0.15) is 0 Å². The Kier molecular flexibility index (Phi) is 18.1. The summed E-state index contributed by atoms with van der Waals surface area (Å²) in [6.07, 6.45) is 2.63. The molecule has 2 aliphatic rings. The largest absolute Gasteiger partial charge is 0.494 e. The molecule has 0 unspecified atom stereocenters. The Balaban J connectivity index is 0.715. The van der Waals surface area contributed by atoms with E-state index in [0.717, 1.165) is 44.3 Å². The van der Waals surface area contributed by atoms with Crippen molar-refractivity contribution in [2.24, 2.45) is 5.73 Å². The summed E-state index contributed by atoms with van der Waals surface area (Å²) in [5.74, 6) is -0.929. The molecule has 0 fully saturated rings. The molecule has 16 nitrogen and oxygen atoms in total. The van der Waals surface area contributed by atoms with E-state index in [9.17, 15) is 29.1 Å². The van der Waals surface area contributed by atoms with Crippen molar-refractivity contribution in [3.63, 3.8) is 0 Å². The molecule has 10 rings (SSSR count). The molecule has 0 aliphatic carbocycles. The van der Waals surface area contributed by atoms with Crippen molar-refractivity contribution in [1.82, 2.24) is 25.5 Å². The zero-order chi connectivity index (χ0) is 58.8. The van der Waals surface area contributed by atoms with Crippen LogP contribution in [0.25, 0.3) is 22.3 Å². The number of aromatic nitrogens is 2. The summed E-state index contributed by atoms with van der Waals surface area (Å²) in [6, 6.07) is 51.6. The van der Waals surface area contributed by atoms with Crippen molar-refractivity contribution < 1.29 is 38.5 Å². The lowest BCUT2D eigenvalue weighted by Crippen LogP contribution is -2.50. The minimum atomic E-state index is -1.90. The predicted molar refractivity (Wildman–Crippen MR) is 323 cm³/mol. The molecule has 0 saturated heterocycles. The Morgan fingerprint density at radius 1 is 0.774 bits per heavy atom. The molecule has 3 amide bonds. The number of fused-ring (bicyclic) bond motifs is 5. The van der Waals surface area contributed by atoms with E-state index in [1.54, 1.807) is 41.8 Å². The van der Waals surface area contributed by atoms with Crippen LogP contribution in [0.15, 0.2) is 169 Å². The van der Waals surface area contributed by atoms with Crippen molar-refractivity contribution in [3.05, 3.63) is 230 Å². The molecule has 0 spiro atoms. The Hall–Kier alpha value is -8.96. The first-order valence-corrected chi connectivity index (χ1v) is 28.9. The first-order valence-electron chi connectivity index (χ1n) is 28.9. The summed E-state index contributed by atoms with van der Waals surface area (Å²) >= 11 is 0. The summed E-state index contributed by atoms with van der Waals surface area (Å²) in [5, 5.41) is 24.8. The van der Waals surface area contributed by atoms with Crippen molar-refractivity contribution in [3.8, 4) is 17.1 Å². The number of alkyl carbamates (subject to hydrolysis) is 1. The number of amides is 3. The zero-order valence-corrected chi connectivity index (χ0v) is 47.6. The van der Waals surface area contributed by atoms with Gasteiger partial charge in [0.1, 0.15) is 25.0 Å². The fraction of sp³-hybridized carbons (Fsp3) is 0.294. The minimum absolute atomic E-state index is 0.00595. The van der Waals surface area contributed by atoms with E-state index in [1.165, 1.54) is 5.56 Å². The topological polar surface area (TPSA) is 225 Å². The molecule has 6 aromatic carbocycles. The lowest BCUT2D eigenvalue weighted by molar-refractivity contribution is -0.172. The van der Waals surface area contributed by atoms with Crippen LogP contribution in [0.1, 0.15) is 102 Å². The number of carbonyl (C=O) groups excluding carboxylic acids is 4. The molecule has 7 N–H and O–H groups in total. The highest BCUT2D eigenvalue weighted by Gasteiger charge is 2.45. The molecular weight excluding hydrogens is 1060 g/mol. The number of pyridine rings is 2. The summed E-state index contributed by atoms with van der Waals surface area (Å²) < 4.78 is 18.5. The molecule has 0 radical (unpaired) electrons. The first kappa shape index (κ1) is 58.2. The van der Waals surface area contributed by atoms with Crippen LogP contribution >= 0.6 is 0 Å². The van der Waals surface area contributed by atoms with Gasteiger partial charge in [-0.3, -0.25) is 19.7 Å². The standard InChI is InChI=1S/C68H71N7O9/c1-4-52-53-39-51(33-34-58(53)73-61-54(52)41-75-60(61)40-56-55(64(75)78)43-83-65(79)67(56,81)5-2)82-37-17-35-70-66(80)84-42-46-27-31-50(32-28-46)72-63(77)59(74-62(76)57(69)38-45-18-9-6-10-19-45)24-15-16-36-71-68(47-20-11-7-12-21-47,48-22-13-8-14-23-48)49-29-25-44(3)26-30-49/h6-14,18-23,25-34,39-40,57,59,71,81H,4-5,15-17,24,35-38,41-43,69H2,1-3H3,(H,70,80)(H,72,77)(H,74,76)/t57-,59-,67-/m0/s1. The highest BCUT2D eigenvalue weighted by atomic mass is 16.6. The van der Waals surface area contributed by atoms with Crippen molar-refractivity contribution >= 4 is 40.5 Å². The molecule has 8 aromatic rings. The van der Waals surface area contributed by atoms with E-state index in [1.807, 2.05) is 67.6 Å². The van der Waals surface area contributed by atoms with E-state index >= 15 is 0 Å². The maximum Gasteiger partial charge on any atom is 0.407 e. The molecule has 432 valence electrons. The van der Waals surface area contributed by atoms with Gasteiger partial charge in [-0.25, -0.2) is 14.6 Å². The number of rotatable bonds is 24. The molecule has 84 heavy (non-hydrogen) atoms. The Bertz CT molecular complexity index is 3670. The van der Waals surface area contributed by atoms with Crippen LogP contribution in [-0.4, -0.2) is 70.3 Å². The van der Waals surface area contributed by atoms with Crippen molar-refractivity contribution in [1.29, 1.82) is 0 Å². The number of benzene rings is 6. The Labute approximate surface area is 488 Å². The number of anilines is 1. The number of aliphatic hydroxyl groups is 1. The molecule has 0 bridgehead atoms. The van der Waals surface area contributed by atoms with Gasteiger partial charge in [-0.15, -0.1) is 0 Å². The average Bonchev–Trinajstić information content (AvgIpc) is 3.31. The van der Waals surface area contributed by atoms with E-state index < -0.39 is 41.2 Å². The number of nitrogens with two attached hydrogens (primary N) is 1. The third-order valence-corrected chi connectivity index (χ3v) is 16.1. The summed E-state index contributed by atoms with van der Waals surface area (Å²) in [4.78, 5) is 71.9. The van der Waals surface area contributed by atoms with Gasteiger partial charge >= 0.3 is 12.1 Å². The van der Waals surface area contributed by atoms with Crippen LogP contribution in [-0.2, 0) is 67.6 Å². The Morgan fingerprint density at radius 3 is 2.13 bits per heavy atom. The molecule has 16 heteroatoms. The summed E-state index contributed by atoms with van der Waals surface area (Å²) in [6.45, 7) is 7.13. The number of nitrogens with one attached hydrogen (secondary N) is 4. The number of esters is 1. The van der Waals surface area contributed by atoms with Crippen molar-refractivity contribution in [2.45, 2.75) is 109 Å². The second-order valence-electron chi connectivity index (χ2n) is 21.6. The van der Waals surface area contributed by atoms with Gasteiger partial charge in [0, 0.05) is 28.7 Å². The maximum absolute atomic E-state index is 14.1. The van der Waals surface area contributed by atoms with Crippen LogP contribution in [0.2, 0.25) is 0 Å². The van der Waals surface area contributed by atoms with Crippen LogP contribution in [0.3, 0.4) is 0 Å². The maximum atomic E-state index is 14.1. The summed E-state index contributed by atoms with van der Waals surface area (Å²) in [7, 11) is 0. The first-order chi connectivity index (χ1) is 40.8. The van der Waals surface area contributed by atoms with Crippen LogP contribution in [0, 0.1) is 6.92 Å². The Morgan fingerprint density at radius 2 is 1.45 bits per heavy atom. The van der Waals surface area contributed by atoms with Gasteiger partial charge in [0.15, 0.2) is 5.60 Å². The number of cyclic esters (lactones) is 1. The molecular formula is C68H71N7O9. The minimum Gasteiger partial charge on any atom is -0.494 e. The third-order valence-electron chi connectivity index (χ3n) is 16.1. The van der Waals surface area contributed by atoms with Gasteiger partial charge in [0.25, 0.3) is 5.56 Å². The number of carbonyl (C=O) groups is 4. The van der Waals surface area contributed by atoms with E-state index in [4.69, 9.17) is 24.9 Å². The number of unbranched alkanes of at least 4 members (excludes halogenated alkanes) is 1. The van der Waals surface area contributed by atoms with Gasteiger partial charge in [0.05, 0.1) is 47.2 Å². The quantitative estimate of drug-likeness (QED) is 0.0189. The lowest BCUT2D eigenvalue weighted by Gasteiger charge is -2.37. The van der Waals surface area contributed by atoms with Crippen LogP contribution < -0.4 is 37.3 Å². The number of aryl methyl sites for hydroxylation is 2. The predicted octanol–water partition coefficient (Wildman–Crippen LogP) is 9.39. The lowest BCUT2D eigenvalue weighted by atomic mass is 9.76. The normalized spacial score (nSPS) is 15.0. The van der Waals surface area contributed by atoms with Crippen LogP contribution in [0.5, 0.6) is 5.75 Å². The number of hydrogen-bond acceptors (Lipinski definition) is 12. The van der Waals surface area contributed by atoms with E-state index in [0.29, 0.717) is 93.2 Å².